The molecule has 2 aromatic rings. The van der Waals surface area contributed by atoms with Crippen molar-refractivity contribution in [1.29, 1.82) is 0 Å². The van der Waals surface area contributed by atoms with Gasteiger partial charge < -0.3 is 4.90 Å². The second-order valence-corrected chi connectivity index (χ2v) is 6.31. The van der Waals surface area contributed by atoms with Gasteiger partial charge in [0, 0.05) is 13.1 Å². The van der Waals surface area contributed by atoms with Crippen molar-refractivity contribution in [3.05, 3.63) is 41.4 Å². The van der Waals surface area contributed by atoms with Crippen LogP contribution in [0.15, 0.2) is 40.2 Å². The molecule has 0 aliphatic carbocycles. The van der Waals surface area contributed by atoms with Crippen molar-refractivity contribution >= 4 is 29.0 Å². The van der Waals surface area contributed by atoms with Crippen LogP contribution in [0.3, 0.4) is 0 Å². The SMILES string of the molecule is CCN(CC)C(=O)C(Sc1nncs1)c1ccccc1. The van der Waals surface area contributed by atoms with E-state index in [4.69, 9.17) is 0 Å². The van der Waals surface area contributed by atoms with Crippen LogP contribution >= 0.6 is 23.1 Å². The number of nitrogens with zero attached hydrogens (tertiary/aromatic N) is 3. The first kappa shape index (κ1) is 15.0. The Hall–Kier alpha value is -1.40. The molecule has 1 amide bonds. The van der Waals surface area contributed by atoms with Gasteiger partial charge in [-0.1, -0.05) is 53.4 Å². The van der Waals surface area contributed by atoms with Crippen molar-refractivity contribution in [3.63, 3.8) is 0 Å². The van der Waals surface area contributed by atoms with E-state index in [0.717, 1.165) is 23.0 Å². The van der Waals surface area contributed by atoms with Gasteiger partial charge >= 0.3 is 0 Å². The van der Waals surface area contributed by atoms with Crippen LogP contribution in [0.1, 0.15) is 24.7 Å². The predicted molar refractivity (Wildman–Crippen MR) is 82.9 cm³/mol. The summed E-state index contributed by atoms with van der Waals surface area (Å²) in [5.41, 5.74) is 2.69. The lowest BCUT2D eigenvalue weighted by atomic mass is 10.1. The molecule has 0 fully saturated rings. The topological polar surface area (TPSA) is 46.1 Å². The number of hydrogen-bond acceptors (Lipinski definition) is 5. The largest absolute Gasteiger partial charge is 0.342 e. The molecule has 1 aromatic heterocycles. The smallest absolute Gasteiger partial charge is 0.240 e. The highest BCUT2D eigenvalue weighted by molar-refractivity contribution is 8.01. The molecular formula is C14H17N3OS2. The highest BCUT2D eigenvalue weighted by Crippen LogP contribution is 2.37. The normalized spacial score (nSPS) is 12.1. The van der Waals surface area contributed by atoms with Gasteiger partial charge in [-0.05, 0) is 19.4 Å². The van der Waals surface area contributed by atoms with Crippen molar-refractivity contribution in [2.75, 3.05) is 13.1 Å². The molecule has 1 aromatic carbocycles. The second-order valence-electron chi connectivity index (χ2n) is 4.12. The lowest BCUT2D eigenvalue weighted by molar-refractivity contribution is -0.130. The molecule has 1 atom stereocenters. The molecule has 0 N–H and O–H groups in total. The van der Waals surface area contributed by atoms with E-state index in [1.165, 1.54) is 23.1 Å². The Morgan fingerprint density at radius 1 is 1.30 bits per heavy atom. The molecule has 106 valence electrons. The van der Waals surface area contributed by atoms with Crippen LogP contribution in [-0.4, -0.2) is 34.1 Å². The Bertz CT molecular complexity index is 527. The quantitative estimate of drug-likeness (QED) is 0.769. The number of amides is 1. The van der Waals surface area contributed by atoms with Crippen molar-refractivity contribution in [2.45, 2.75) is 23.4 Å². The summed E-state index contributed by atoms with van der Waals surface area (Å²) in [7, 11) is 0. The monoisotopic (exact) mass is 307 g/mol. The molecule has 0 aliphatic rings. The Kier molecular flexibility index (Phi) is 5.55. The molecule has 0 spiro atoms. The highest BCUT2D eigenvalue weighted by atomic mass is 32.2. The number of likely N-dealkylation sites (N-methyl/N-ethyl adjacent to an activating group) is 1. The second kappa shape index (κ2) is 7.40. The fraction of sp³-hybridized carbons (Fsp3) is 0.357. The lowest BCUT2D eigenvalue weighted by Gasteiger charge is -2.24. The average molecular weight is 307 g/mol. The van der Waals surface area contributed by atoms with Crippen molar-refractivity contribution in [1.82, 2.24) is 15.1 Å². The van der Waals surface area contributed by atoms with Gasteiger partial charge in [0.2, 0.25) is 5.91 Å². The van der Waals surface area contributed by atoms with Crippen molar-refractivity contribution in [3.8, 4) is 0 Å². The number of carbonyl (C=O) groups excluding carboxylic acids is 1. The standard InChI is InChI=1S/C14H17N3OS2/c1-3-17(4-2)13(18)12(11-8-6-5-7-9-11)20-14-16-15-10-19-14/h5-10,12H,3-4H2,1-2H3. The molecular weight excluding hydrogens is 290 g/mol. The maximum atomic E-state index is 12.7. The summed E-state index contributed by atoms with van der Waals surface area (Å²) < 4.78 is 0.819. The Labute approximate surface area is 127 Å². The summed E-state index contributed by atoms with van der Waals surface area (Å²) in [6.45, 7) is 5.43. The van der Waals surface area contributed by atoms with Gasteiger partial charge in [0.05, 0.1) is 0 Å². The zero-order chi connectivity index (χ0) is 14.4. The number of thioether (sulfide) groups is 1. The van der Waals surface area contributed by atoms with Gasteiger partial charge in [-0.15, -0.1) is 10.2 Å². The van der Waals surface area contributed by atoms with Crippen LogP contribution in [0.4, 0.5) is 0 Å². The minimum atomic E-state index is -0.260. The molecule has 1 heterocycles. The van der Waals surface area contributed by atoms with Crippen molar-refractivity contribution in [2.24, 2.45) is 0 Å². The minimum absolute atomic E-state index is 0.126. The summed E-state index contributed by atoms with van der Waals surface area (Å²) in [6, 6.07) is 9.84. The van der Waals surface area contributed by atoms with E-state index >= 15 is 0 Å². The molecule has 20 heavy (non-hydrogen) atoms. The van der Waals surface area contributed by atoms with Gasteiger partial charge in [-0.2, -0.15) is 0 Å². The number of hydrogen-bond donors (Lipinski definition) is 0. The summed E-state index contributed by atoms with van der Waals surface area (Å²) >= 11 is 2.93. The first-order valence-electron chi connectivity index (χ1n) is 6.52. The molecule has 0 saturated carbocycles. The van der Waals surface area contributed by atoms with E-state index in [2.05, 4.69) is 10.2 Å². The average Bonchev–Trinajstić information content (AvgIpc) is 3.00. The van der Waals surface area contributed by atoms with E-state index in [1.807, 2.05) is 49.1 Å². The van der Waals surface area contributed by atoms with Crippen LogP contribution in [0.2, 0.25) is 0 Å². The fourth-order valence-electron chi connectivity index (χ4n) is 1.91. The summed E-state index contributed by atoms with van der Waals surface area (Å²) in [5, 5.41) is 7.61. The van der Waals surface area contributed by atoms with Crippen LogP contribution < -0.4 is 0 Å². The molecule has 0 saturated heterocycles. The molecule has 4 nitrogen and oxygen atoms in total. The van der Waals surface area contributed by atoms with E-state index in [-0.39, 0.29) is 11.2 Å². The number of carbonyl (C=O) groups is 1. The van der Waals surface area contributed by atoms with Crippen LogP contribution in [0.25, 0.3) is 0 Å². The molecule has 0 bridgehead atoms. The minimum Gasteiger partial charge on any atom is -0.342 e. The molecule has 6 heteroatoms. The zero-order valence-corrected chi connectivity index (χ0v) is 13.2. The van der Waals surface area contributed by atoms with Gasteiger partial charge in [0.1, 0.15) is 10.8 Å². The zero-order valence-electron chi connectivity index (χ0n) is 11.5. The molecule has 1 unspecified atom stereocenters. The summed E-state index contributed by atoms with van der Waals surface area (Å²) in [4.78, 5) is 14.5. The third-order valence-electron chi connectivity index (χ3n) is 2.96. The summed E-state index contributed by atoms with van der Waals surface area (Å²) in [6.07, 6.45) is 0. The highest BCUT2D eigenvalue weighted by Gasteiger charge is 2.26. The third kappa shape index (κ3) is 3.58. The Morgan fingerprint density at radius 2 is 2.00 bits per heavy atom. The maximum absolute atomic E-state index is 12.7. The summed E-state index contributed by atoms with van der Waals surface area (Å²) in [5.74, 6) is 0.126. The van der Waals surface area contributed by atoms with E-state index in [9.17, 15) is 4.79 Å². The molecule has 0 aliphatic heterocycles. The van der Waals surface area contributed by atoms with Crippen LogP contribution in [0, 0.1) is 0 Å². The fourth-order valence-corrected chi connectivity index (χ4v) is 3.66. The third-order valence-corrected chi connectivity index (χ3v) is 5.01. The Morgan fingerprint density at radius 3 is 2.55 bits per heavy atom. The van der Waals surface area contributed by atoms with Gasteiger partial charge in [-0.3, -0.25) is 4.79 Å². The maximum Gasteiger partial charge on any atom is 0.240 e. The van der Waals surface area contributed by atoms with E-state index < -0.39 is 0 Å². The van der Waals surface area contributed by atoms with Crippen molar-refractivity contribution < 1.29 is 4.79 Å². The first-order chi connectivity index (χ1) is 9.76. The predicted octanol–water partition coefficient (Wildman–Crippen LogP) is 3.24. The lowest BCUT2D eigenvalue weighted by Crippen LogP contribution is -2.33. The van der Waals surface area contributed by atoms with E-state index in [1.54, 1.807) is 5.51 Å². The Balaban J connectivity index is 2.26. The molecule has 2 rings (SSSR count). The van der Waals surface area contributed by atoms with E-state index in [0.29, 0.717) is 0 Å². The number of aromatic nitrogens is 2. The van der Waals surface area contributed by atoms with Crippen LogP contribution in [-0.2, 0) is 4.79 Å². The first-order valence-corrected chi connectivity index (χ1v) is 8.28. The van der Waals surface area contributed by atoms with Gasteiger partial charge in [0.25, 0.3) is 0 Å². The molecule has 0 radical (unpaired) electrons. The van der Waals surface area contributed by atoms with Gasteiger partial charge in [0.15, 0.2) is 4.34 Å². The number of rotatable bonds is 6. The van der Waals surface area contributed by atoms with Crippen LogP contribution in [0.5, 0.6) is 0 Å². The number of benzene rings is 1. The van der Waals surface area contributed by atoms with Gasteiger partial charge in [-0.25, -0.2) is 0 Å².